The molecule has 0 N–H and O–H groups in total. The van der Waals surface area contributed by atoms with Crippen LogP contribution in [0.1, 0.15) is 5.56 Å². The zero-order valence-corrected chi connectivity index (χ0v) is 14.8. The van der Waals surface area contributed by atoms with Crippen molar-refractivity contribution in [3.05, 3.63) is 45.8 Å². The van der Waals surface area contributed by atoms with Gasteiger partial charge >= 0.3 is 5.69 Å². The molecule has 130 valence electrons. The predicted octanol–water partition coefficient (Wildman–Crippen LogP) is 2.84. The zero-order chi connectivity index (χ0) is 18.1. The molecule has 0 radical (unpaired) electrons. The maximum atomic E-state index is 13.7. The lowest BCUT2D eigenvalue weighted by atomic mass is 10.2. The van der Waals surface area contributed by atoms with E-state index in [9.17, 15) is 22.9 Å². The quantitative estimate of drug-likeness (QED) is 0.570. The zero-order valence-electron chi connectivity index (χ0n) is 13.1. The molecule has 0 unspecified atom stereocenters. The molecule has 0 bridgehead atoms. The second-order valence-electron chi connectivity index (χ2n) is 5.11. The Balaban J connectivity index is 2.35. The third kappa shape index (κ3) is 3.82. The Morgan fingerprint density at radius 3 is 2.54 bits per heavy atom. The van der Waals surface area contributed by atoms with E-state index >= 15 is 0 Å². The van der Waals surface area contributed by atoms with Gasteiger partial charge in [0.2, 0.25) is 0 Å². The normalized spacial score (nSPS) is 11.3. The Bertz CT molecular complexity index is 879. The van der Waals surface area contributed by atoms with E-state index in [0.717, 1.165) is 23.7 Å². The number of halogens is 1. The molecule has 0 saturated heterocycles. The maximum absolute atomic E-state index is 13.7. The molecule has 0 amide bonds. The van der Waals surface area contributed by atoms with Crippen LogP contribution < -0.4 is 9.64 Å². The third-order valence-corrected chi connectivity index (χ3v) is 6.26. The first-order chi connectivity index (χ1) is 11.1. The lowest BCUT2D eigenvalue weighted by Crippen LogP contribution is -2.16. The molecule has 0 aliphatic carbocycles. The Hall–Kier alpha value is -2.20. The minimum absolute atomic E-state index is 0.0861. The molecule has 1 aromatic carbocycles. The molecule has 1 heterocycles. The lowest BCUT2D eigenvalue weighted by molar-refractivity contribution is -0.383. The number of anilines is 1. The first-order valence-corrected chi connectivity index (χ1v) is 9.36. The average molecular weight is 374 g/mol. The van der Waals surface area contributed by atoms with Gasteiger partial charge in [0, 0.05) is 25.9 Å². The topological polar surface area (TPSA) is 89.8 Å². The molecule has 0 aliphatic heterocycles. The van der Waals surface area contributed by atoms with Crippen LogP contribution >= 0.6 is 11.3 Å². The summed E-state index contributed by atoms with van der Waals surface area (Å²) in [6.45, 7) is 0.172. The predicted molar refractivity (Wildman–Crippen MR) is 89.1 cm³/mol. The third-order valence-electron chi connectivity index (χ3n) is 3.22. The fraction of sp³-hybridized carbons (Fsp3) is 0.286. The molecule has 0 atom stereocenters. The second kappa shape index (κ2) is 6.73. The summed E-state index contributed by atoms with van der Waals surface area (Å²) < 4.78 is 41.7. The molecular weight excluding hydrogens is 359 g/mol. The summed E-state index contributed by atoms with van der Waals surface area (Å²) in [4.78, 5) is 12.1. The van der Waals surface area contributed by atoms with E-state index in [1.54, 1.807) is 13.1 Å². The minimum Gasteiger partial charge on any atom is -0.494 e. The van der Waals surface area contributed by atoms with Gasteiger partial charge in [-0.15, -0.1) is 0 Å². The standard InChI is InChI=1S/C14H15FN2O5S2/c1-16(8-9-4-5-12(22-2)10(15)6-9)14-11(17(18)19)7-13(23-14)24(3,20)21/h4-7H,8H2,1-3H3. The Morgan fingerprint density at radius 1 is 1.38 bits per heavy atom. The van der Waals surface area contributed by atoms with Crippen LogP contribution in [0.25, 0.3) is 0 Å². The van der Waals surface area contributed by atoms with Crippen molar-refractivity contribution in [2.75, 3.05) is 25.3 Å². The van der Waals surface area contributed by atoms with E-state index < -0.39 is 20.6 Å². The number of hydrogen-bond acceptors (Lipinski definition) is 7. The van der Waals surface area contributed by atoms with Crippen LogP contribution in [0.3, 0.4) is 0 Å². The van der Waals surface area contributed by atoms with Crippen molar-refractivity contribution in [1.29, 1.82) is 0 Å². The van der Waals surface area contributed by atoms with E-state index in [2.05, 4.69) is 0 Å². The van der Waals surface area contributed by atoms with Gasteiger partial charge in [0.25, 0.3) is 0 Å². The van der Waals surface area contributed by atoms with Crippen LogP contribution in [-0.2, 0) is 16.4 Å². The van der Waals surface area contributed by atoms with Gasteiger partial charge < -0.3 is 9.64 Å². The molecule has 7 nitrogen and oxygen atoms in total. The van der Waals surface area contributed by atoms with Crippen LogP contribution in [0.2, 0.25) is 0 Å². The largest absolute Gasteiger partial charge is 0.494 e. The lowest BCUT2D eigenvalue weighted by Gasteiger charge is -2.17. The van der Waals surface area contributed by atoms with Gasteiger partial charge in [-0.3, -0.25) is 10.1 Å². The highest BCUT2D eigenvalue weighted by molar-refractivity contribution is 7.92. The molecule has 2 rings (SSSR count). The Morgan fingerprint density at radius 2 is 2.04 bits per heavy atom. The average Bonchev–Trinajstić information content (AvgIpc) is 2.93. The first-order valence-electron chi connectivity index (χ1n) is 6.65. The summed E-state index contributed by atoms with van der Waals surface area (Å²) in [5, 5.41) is 11.4. The van der Waals surface area contributed by atoms with Crippen molar-refractivity contribution in [1.82, 2.24) is 0 Å². The number of methoxy groups -OCH3 is 1. The summed E-state index contributed by atoms with van der Waals surface area (Å²) >= 11 is 0.812. The fourth-order valence-electron chi connectivity index (χ4n) is 2.09. The summed E-state index contributed by atoms with van der Waals surface area (Å²) in [6.07, 6.45) is 0.991. The van der Waals surface area contributed by atoms with E-state index in [-0.39, 0.29) is 27.2 Å². The van der Waals surface area contributed by atoms with E-state index in [0.29, 0.717) is 5.56 Å². The highest BCUT2D eigenvalue weighted by Gasteiger charge is 2.26. The second-order valence-corrected chi connectivity index (χ2v) is 8.38. The van der Waals surface area contributed by atoms with Crippen LogP contribution in [-0.4, -0.2) is 33.8 Å². The van der Waals surface area contributed by atoms with Crippen molar-refractivity contribution in [3.63, 3.8) is 0 Å². The highest BCUT2D eigenvalue weighted by atomic mass is 32.2. The monoisotopic (exact) mass is 374 g/mol. The summed E-state index contributed by atoms with van der Waals surface area (Å²) in [7, 11) is -0.620. The maximum Gasteiger partial charge on any atom is 0.305 e. The number of benzene rings is 1. The van der Waals surface area contributed by atoms with Gasteiger partial charge in [0.05, 0.1) is 12.0 Å². The number of nitro groups is 1. The Labute approximate surface area is 142 Å². The molecular formula is C14H15FN2O5S2. The smallest absolute Gasteiger partial charge is 0.305 e. The van der Waals surface area contributed by atoms with Crippen LogP contribution in [0, 0.1) is 15.9 Å². The summed E-state index contributed by atoms with van der Waals surface area (Å²) in [6, 6.07) is 5.41. The number of hydrogen-bond donors (Lipinski definition) is 0. The number of rotatable bonds is 6. The number of sulfone groups is 1. The number of ether oxygens (including phenoxy) is 1. The van der Waals surface area contributed by atoms with Crippen molar-refractivity contribution >= 4 is 31.9 Å². The molecule has 24 heavy (non-hydrogen) atoms. The molecule has 0 spiro atoms. The van der Waals surface area contributed by atoms with Crippen molar-refractivity contribution in [2.24, 2.45) is 0 Å². The molecule has 0 aliphatic rings. The van der Waals surface area contributed by atoms with Gasteiger partial charge in [-0.2, -0.15) is 0 Å². The molecule has 10 heteroatoms. The minimum atomic E-state index is -3.55. The van der Waals surface area contributed by atoms with Crippen LogP contribution in [0.4, 0.5) is 15.1 Å². The van der Waals surface area contributed by atoms with Gasteiger partial charge in [-0.25, -0.2) is 12.8 Å². The fourth-order valence-corrected chi connectivity index (χ4v) is 4.08. The first kappa shape index (κ1) is 18.1. The van der Waals surface area contributed by atoms with Gasteiger partial charge in [-0.05, 0) is 17.7 Å². The van der Waals surface area contributed by atoms with Gasteiger partial charge in [-0.1, -0.05) is 17.4 Å². The van der Waals surface area contributed by atoms with E-state index in [4.69, 9.17) is 4.74 Å². The van der Waals surface area contributed by atoms with Crippen molar-refractivity contribution < 1.29 is 22.5 Å². The number of thiophene rings is 1. The molecule has 0 saturated carbocycles. The van der Waals surface area contributed by atoms with Crippen LogP contribution in [0.5, 0.6) is 5.75 Å². The van der Waals surface area contributed by atoms with Gasteiger partial charge in [0.1, 0.15) is 4.21 Å². The highest BCUT2D eigenvalue weighted by Crippen LogP contribution is 2.39. The Kier molecular flexibility index (Phi) is 5.09. The van der Waals surface area contributed by atoms with Crippen LogP contribution in [0.15, 0.2) is 28.5 Å². The van der Waals surface area contributed by atoms with Crippen molar-refractivity contribution in [2.45, 2.75) is 10.8 Å². The van der Waals surface area contributed by atoms with Gasteiger partial charge in [0.15, 0.2) is 26.4 Å². The summed E-state index contributed by atoms with van der Waals surface area (Å²) in [5.41, 5.74) is 0.274. The summed E-state index contributed by atoms with van der Waals surface area (Å²) in [5.74, 6) is -0.441. The SMILES string of the molecule is COc1ccc(CN(C)c2sc(S(C)(=O)=O)cc2[N+](=O)[O-])cc1F. The molecule has 1 aromatic heterocycles. The van der Waals surface area contributed by atoms with Crippen molar-refractivity contribution in [3.8, 4) is 5.75 Å². The number of nitrogens with zero attached hydrogens (tertiary/aromatic N) is 2. The molecule has 0 fully saturated rings. The van der Waals surface area contributed by atoms with E-state index in [1.807, 2.05) is 0 Å². The molecule has 2 aromatic rings. The van der Waals surface area contributed by atoms with E-state index in [1.165, 1.54) is 24.1 Å².